The summed E-state index contributed by atoms with van der Waals surface area (Å²) in [6, 6.07) is 0. The number of nitrogen functional groups attached to an aromatic ring is 2. The smallest absolute Gasteiger partial charge is 0.387 e. The second-order valence-electron chi connectivity index (χ2n) is 10.2. The van der Waals surface area contributed by atoms with Gasteiger partial charge in [-0.05, 0) is 0 Å². The number of aliphatic hydroxyl groups is 2. The minimum absolute atomic E-state index is 0.0509. The number of aromatic amines is 1. The summed E-state index contributed by atoms with van der Waals surface area (Å²) in [6.07, 6.45) is -8.57. The number of fused-ring (bicyclic) bond motifs is 5. The van der Waals surface area contributed by atoms with E-state index in [-0.39, 0.29) is 34.1 Å². The molecule has 0 amide bonds. The van der Waals surface area contributed by atoms with Gasteiger partial charge >= 0.3 is 15.6 Å². The maximum absolute atomic E-state index is 13.4. The number of hydrogen-bond acceptors (Lipinski definition) is 18. The van der Waals surface area contributed by atoms with Crippen LogP contribution >= 0.6 is 15.6 Å². The van der Waals surface area contributed by atoms with Crippen molar-refractivity contribution in [2.45, 2.75) is 49.1 Å². The molecule has 4 aromatic heterocycles. The Morgan fingerprint density at radius 1 is 0.867 bits per heavy atom. The standard InChI is InChI=1S/C20H25N11O12P2/c21-14-8-15(25-3-24-14)30(4-26-8)18-11(33)12-7(41-18)2-38-44(23,35)42-13-10(32)6(1-39-45(36,37)43-12)40-19(13)31-5-27-9-16(31)28-20(22)29-17(9)34/h3-7,10-13,18-19,32-33H,1-2H2,(H2,23,35)(H,36,37)(H2,21,24,25)(H3,22,28,29,34)/t6-,7-,10?,11?,12?,13?,18-,19-,44?/m1/s1. The quantitative estimate of drug-likeness (QED) is 0.109. The summed E-state index contributed by atoms with van der Waals surface area (Å²) >= 11 is 0. The van der Waals surface area contributed by atoms with E-state index in [4.69, 9.17) is 44.5 Å². The van der Waals surface area contributed by atoms with Crippen molar-refractivity contribution in [2.75, 3.05) is 24.7 Å². The number of hydrogen-bond donors (Lipinski definition) is 7. The van der Waals surface area contributed by atoms with Gasteiger partial charge in [0.1, 0.15) is 48.5 Å². The minimum atomic E-state index is -5.03. The van der Waals surface area contributed by atoms with Crippen LogP contribution in [0.3, 0.4) is 0 Å². The van der Waals surface area contributed by atoms with E-state index < -0.39 is 83.4 Å². The van der Waals surface area contributed by atoms with Crippen LogP contribution in [0.5, 0.6) is 0 Å². The number of H-pyrrole nitrogens is 1. The van der Waals surface area contributed by atoms with Crippen molar-refractivity contribution < 1.29 is 51.8 Å². The average Bonchev–Trinajstić information content (AvgIpc) is 3.72. The molecule has 3 fully saturated rings. The number of anilines is 2. The van der Waals surface area contributed by atoms with Gasteiger partial charge in [-0.2, -0.15) is 4.98 Å². The molecule has 25 heteroatoms. The van der Waals surface area contributed by atoms with Gasteiger partial charge in [-0.15, -0.1) is 0 Å². The molecule has 45 heavy (non-hydrogen) atoms. The molecule has 4 aromatic rings. The Morgan fingerprint density at radius 3 is 2.33 bits per heavy atom. The third kappa shape index (κ3) is 5.31. The molecular formula is C20H25N11O12P2. The number of nitrogens with two attached hydrogens (primary N) is 3. The first-order valence-corrected chi connectivity index (χ1v) is 16.1. The van der Waals surface area contributed by atoms with Gasteiger partial charge in [-0.3, -0.25) is 37.0 Å². The number of nitrogens with zero attached hydrogens (tertiary/aromatic N) is 7. The monoisotopic (exact) mass is 673 g/mol. The Hall–Kier alpha value is -3.44. The van der Waals surface area contributed by atoms with E-state index in [0.717, 1.165) is 12.7 Å². The second kappa shape index (κ2) is 10.8. The lowest BCUT2D eigenvalue weighted by Crippen LogP contribution is -2.36. The molecule has 0 aromatic carbocycles. The zero-order valence-electron chi connectivity index (χ0n) is 22.5. The molecule has 3 aliphatic rings. The molecular weight excluding hydrogens is 648 g/mol. The number of phosphoric acid groups is 1. The lowest BCUT2D eigenvalue weighted by atomic mass is 10.1. The van der Waals surface area contributed by atoms with Crippen LogP contribution in [0, 0.1) is 0 Å². The highest BCUT2D eigenvalue weighted by Gasteiger charge is 2.53. The minimum Gasteiger partial charge on any atom is -0.387 e. The van der Waals surface area contributed by atoms with Gasteiger partial charge in [0.15, 0.2) is 35.1 Å². The predicted octanol–water partition coefficient (Wildman–Crippen LogP) is -2.38. The van der Waals surface area contributed by atoms with Crippen LogP contribution in [0.2, 0.25) is 0 Å². The molecule has 23 nitrogen and oxygen atoms in total. The van der Waals surface area contributed by atoms with E-state index in [9.17, 15) is 29.0 Å². The molecule has 3 aliphatic heterocycles. The summed E-state index contributed by atoms with van der Waals surface area (Å²) in [4.78, 5) is 45.3. The van der Waals surface area contributed by atoms with Crippen molar-refractivity contribution in [3.8, 4) is 0 Å². The Kier molecular flexibility index (Phi) is 7.27. The average molecular weight is 673 g/mol. The van der Waals surface area contributed by atoms with Crippen molar-refractivity contribution in [1.82, 2.24) is 39.0 Å². The molecule has 2 bridgehead atoms. The third-order valence-electron chi connectivity index (χ3n) is 7.35. The number of ether oxygens (including phenoxy) is 2. The SMILES string of the molecule is Nc1nc2c(ncn2[C@@H]2O[C@@H]3COP(=O)(O)OC4C(O)[C@H](n5cnc6c(N)ncnc65)O[C@@H]4COP(N)(=O)OC2C3O)c(=O)[nH]1. The molecule has 6 unspecified atom stereocenters. The Labute approximate surface area is 249 Å². The third-order valence-corrected chi connectivity index (χ3v) is 9.38. The summed E-state index contributed by atoms with van der Waals surface area (Å²) < 4.78 is 62.0. The molecule has 0 saturated carbocycles. The highest BCUT2D eigenvalue weighted by Crippen LogP contribution is 2.52. The molecule has 0 spiro atoms. The highest BCUT2D eigenvalue weighted by atomic mass is 31.2. The molecule has 10 atom stereocenters. The summed E-state index contributed by atoms with van der Waals surface area (Å²) in [5, 5.41) is 22.2. The van der Waals surface area contributed by atoms with E-state index in [1.54, 1.807) is 0 Å². The Morgan fingerprint density at radius 2 is 1.56 bits per heavy atom. The molecule has 0 radical (unpaired) electrons. The maximum atomic E-state index is 13.4. The molecule has 242 valence electrons. The maximum Gasteiger partial charge on any atom is 0.472 e. The fourth-order valence-corrected chi connectivity index (χ4v) is 7.27. The normalized spacial score (nSPS) is 37.7. The van der Waals surface area contributed by atoms with E-state index in [1.807, 2.05) is 0 Å². The van der Waals surface area contributed by atoms with Gasteiger partial charge in [0.05, 0.1) is 25.9 Å². The predicted molar refractivity (Wildman–Crippen MR) is 145 cm³/mol. The summed E-state index contributed by atoms with van der Waals surface area (Å²) in [7, 11) is -9.65. The molecule has 3 saturated heterocycles. The number of rotatable bonds is 2. The lowest BCUT2D eigenvalue weighted by Gasteiger charge is -2.26. The zero-order valence-corrected chi connectivity index (χ0v) is 24.3. The van der Waals surface area contributed by atoms with Crippen LogP contribution < -0.4 is 22.5 Å². The molecule has 7 rings (SSSR count). The van der Waals surface area contributed by atoms with E-state index in [0.29, 0.717) is 0 Å². The van der Waals surface area contributed by atoms with E-state index in [2.05, 4.69) is 29.9 Å². The summed E-state index contributed by atoms with van der Waals surface area (Å²) in [5.74, 6) is -0.209. The topological polar surface area (TPSA) is 335 Å². The van der Waals surface area contributed by atoms with Crippen molar-refractivity contribution in [3.63, 3.8) is 0 Å². The number of aromatic nitrogens is 8. The number of phosphoric ester groups is 1. The number of imidazole rings is 2. The van der Waals surface area contributed by atoms with Gasteiger partial charge < -0.3 is 36.0 Å². The van der Waals surface area contributed by atoms with Crippen molar-refractivity contribution in [2.24, 2.45) is 5.50 Å². The zero-order chi connectivity index (χ0) is 31.8. The van der Waals surface area contributed by atoms with Gasteiger partial charge in [-0.25, -0.2) is 34.6 Å². The van der Waals surface area contributed by atoms with Crippen molar-refractivity contribution >= 4 is 49.7 Å². The molecule has 7 heterocycles. The van der Waals surface area contributed by atoms with Crippen molar-refractivity contribution in [1.29, 1.82) is 0 Å². The Bertz CT molecular complexity index is 1940. The Balaban J connectivity index is 1.21. The fraction of sp³-hybridized carbons (Fsp3) is 0.500. The van der Waals surface area contributed by atoms with Crippen LogP contribution in [0.4, 0.5) is 11.8 Å². The van der Waals surface area contributed by atoms with E-state index in [1.165, 1.54) is 15.5 Å². The van der Waals surface area contributed by atoms with Crippen LogP contribution in [0.15, 0.2) is 23.8 Å². The fourth-order valence-electron chi connectivity index (χ4n) is 5.32. The van der Waals surface area contributed by atoms with Crippen LogP contribution in [-0.2, 0) is 36.7 Å². The van der Waals surface area contributed by atoms with Crippen LogP contribution in [-0.4, -0.2) is 104 Å². The van der Waals surface area contributed by atoms with Gasteiger partial charge in [0.2, 0.25) is 5.95 Å². The highest BCUT2D eigenvalue weighted by molar-refractivity contribution is 7.51. The van der Waals surface area contributed by atoms with Crippen LogP contribution in [0.1, 0.15) is 12.5 Å². The second-order valence-corrected chi connectivity index (χ2v) is 13.2. The number of nitrogens with one attached hydrogen (secondary N) is 1. The van der Waals surface area contributed by atoms with Crippen molar-refractivity contribution in [3.05, 3.63) is 29.3 Å². The summed E-state index contributed by atoms with van der Waals surface area (Å²) in [5.41, 5.74) is 16.9. The molecule has 10 N–H and O–H groups in total. The first kappa shape index (κ1) is 30.2. The van der Waals surface area contributed by atoms with E-state index >= 15 is 0 Å². The van der Waals surface area contributed by atoms with Gasteiger partial charge in [-0.1, -0.05) is 0 Å². The largest absolute Gasteiger partial charge is 0.472 e. The number of aliphatic hydroxyl groups excluding tert-OH is 2. The van der Waals surface area contributed by atoms with Gasteiger partial charge in [0.25, 0.3) is 5.56 Å². The first-order chi connectivity index (χ1) is 21.3. The first-order valence-electron chi connectivity index (χ1n) is 13.0. The lowest BCUT2D eigenvalue weighted by molar-refractivity contribution is -0.0631. The summed E-state index contributed by atoms with van der Waals surface area (Å²) in [6.45, 7) is -1.49. The molecule has 0 aliphatic carbocycles. The van der Waals surface area contributed by atoms with Crippen LogP contribution in [0.25, 0.3) is 22.3 Å². The van der Waals surface area contributed by atoms with Gasteiger partial charge in [0, 0.05) is 0 Å².